The molecule has 6 rings (SSSR count). The van der Waals surface area contributed by atoms with Gasteiger partial charge in [-0.3, -0.25) is 4.79 Å². The average molecular weight is 437 g/mol. The van der Waals surface area contributed by atoms with Crippen LogP contribution in [0.1, 0.15) is 67.2 Å². The number of ether oxygens (including phenoxy) is 2. The Morgan fingerprint density at radius 2 is 1.72 bits per heavy atom. The molecular weight excluding hydrogens is 400 g/mol. The van der Waals surface area contributed by atoms with Crippen molar-refractivity contribution in [1.82, 2.24) is 0 Å². The largest absolute Gasteiger partial charge is 0.387 e. The molecule has 0 aromatic rings. The molecule has 2 aliphatic heterocycles. The van der Waals surface area contributed by atoms with Crippen LogP contribution in [0.15, 0.2) is 47.1 Å². The van der Waals surface area contributed by atoms with Crippen LogP contribution in [0, 0.1) is 28.6 Å². The number of ketones is 1. The van der Waals surface area contributed by atoms with Crippen molar-refractivity contribution in [2.24, 2.45) is 28.6 Å². The Bertz CT molecular complexity index is 1050. The number of hydrogen-bond acceptors (Lipinski definition) is 4. The summed E-state index contributed by atoms with van der Waals surface area (Å²) in [6, 6.07) is 0. The third-order valence-corrected chi connectivity index (χ3v) is 10.6. The molecule has 1 saturated carbocycles. The highest BCUT2D eigenvalue weighted by Crippen LogP contribution is 2.71. The molecule has 2 heterocycles. The molecule has 172 valence electrons. The molecule has 0 amide bonds. The average Bonchev–Trinajstić information content (AvgIpc) is 3.06. The van der Waals surface area contributed by atoms with Gasteiger partial charge in [-0.2, -0.15) is 0 Å². The van der Waals surface area contributed by atoms with Crippen LogP contribution in [0.25, 0.3) is 0 Å². The molecule has 1 spiro atoms. The van der Waals surface area contributed by atoms with Gasteiger partial charge in [0, 0.05) is 29.1 Å². The lowest BCUT2D eigenvalue weighted by Crippen LogP contribution is -2.67. The summed E-state index contributed by atoms with van der Waals surface area (Å²) in [7, 11) is 0. The van der Waals surface area contributed by atoms with Gasteiger partial charge in [-0.25, -0.2) is 0 Å². The lowest BCUT2D eigenvalue weighted by molar-refractivity contribution is -0.369. The Morgan fingerprint density at radius 1 is 0.969 bits per heavy atom. The quantitative estimate of drug-likeness (QED) is 0.578. The highest BCUT2D eigenvalue weighted by Gasteiger charge is 2.75. The van der Waals surface area contributed by atoms with Gasteiger partial charge < -0.3 is 14.6 Å². The van der Waals surface area contributed by atoms with Gasteiger partial charge in [0.05, 0.1) is 5.60 Å². The number of rotatable bonds is 0. The highest BCUT2D eigenvalue weighted by atomic mass is 16.7. The number of carbonyl (C=O) groups excluding carboxylic acids is 1. The second-order valence-electron chi connectivity index (χ2n) is 12.2. The summed E-state index contributed by atoms with van der Waals surface area (Å²) in [5.41, 5.74) is 2.32. The molecule has 2 saturated heterocycles. The molecule has 1 unspecified atom stereocenters. The van der Waals surface area contributed by atoms with E-state index < -0.39 is 23.1 Å². The fraction of sp³-hybridized carbons (Fsp3) is 0.679. The van der Waals surface area contributed by atoms with Crippen LogP contribution in [0.5, 0.6) is 0 Å². The van der Waals surface area contributed by atoms with Crippen LogP contribution in [-0.4, -0.2) is 34.0 Å². The van der Waals surface area contributed by atoms with E-state index in [-0.39, 0.29) is 28.4 Å². The van der Waals surface area contributed by atoms with Gasteiger partial charge in [0.1, 0.15) is 11.7 Å². The van der Waals surface area contributed by atoms with Crippen LogP contribution >= 0.6 is 0 Å². The Hall–Kier alpha value is -1.49. The Labute approximate surface area is 191 Å². The van der Waals surface area contributed by atoms with E-state index in [1.165, 1.54) is 11.1 Å². The molecule has 8 atom stereocenters. The maximum atomic E-state index is 12.1. The van der Waals surface area contributed by atoms with E-state index in [0.717, 1.165) is 24.8 Å². The van der Waals surface area contributed by atoms with Gasteiger partial charge in [-0.15, -0.1) is 0 Å². The van der Waals surface area contributed by atoms with E-state index in [2.05, 4.69) is 65.8 Å². The first kappa shape index (κ1) is 21.1. The van der Waals surface area contributed by atoms with E-state index in [9.17, 15) is 9.90 Å². The molecule has 4 heteroatoms. The predicted molar refractivity (Wildman–Crippen MR) is 123 cm³/mol. The van der Waals surface area contributed by atoms with Crippen LogP contribution in [0.4, 0.5) is 0 Å². The molecule has 32 heavy (non-hydrogen) atoms. The van der Waals surface area contributed by atoms with E-state index in [1.807, 2.05) is 6.08 Å². The SMILES string of the molecule is C[C@H]1[C@H](O)C2(OC1(C)C)O[C@@]13CC[C@H]([C@@H]2C)[C@@]1(C)C=CC1=C3C=CC2=CC(=O)CC[C@@]21C. The topological polar surface area (TPSA) is 55.8 Å². The smallest absolute Gasteiger partial charge is 0.199 e. The Kier molecular flexibility index (Phi) is 3.92. The fourth-order valence-electron chi connectivity index (χ4n) is 8.17. The monoisotopic (exact) mass is 436 g/mol. The third-order valence-electron chi connectivity index (χ3n) is 10.6. The minimum atomic E-state index is -1.000. The number of aliphatic hydroxyl groups is 1. The van der Waals surface area contributed by atoms with Gasteiger partial charge in [0.25, 0.3) is 0 Å². The number of hydrogen-bond donors (Lipinski definition) is 1. The van der Waals surface area contributed by atoms with Crippen LogP contribution in [0.2, 0.25) is 0 Å². The molecule has 1 N–H and O–H groups in total. The van der Waals surface area contributed by atoms with Crippen molar-refractivity contribution < 1.29 is 19.4 Å². The van der Waals surface area contributed by atoms with E-state index in [0.29, 0.717) is 12.3 Å². The molecule has 0 aromatic carbocycles. The lowest BCUT2D eigenvalue weighted by Gasteiger charge is -2.61. The second-order valence-corrected chi connectivity index (χ2v) is 12.2. The molecule has 3 fully saturated rings. The number of allylic oxidation sites excluding steroid dienone is 5. The van der Waals surface area contributed by atoms with Crippen molar-refractivity contribution in [3.8, 4) is 0 Å². The van der Waals surface area contributed by atoms with E-state index in [1.54, 1.807) is 0 Å². The zero-order valence-electron chi connectivity index (χ0n) is 20.2. The van der Waals surface area contributed by atoms with Gasteiger partial charge in [-0.05, 0) is 61.8 Å². The standard InChI is InChI=1S/C28H36O4/c1-16-20-11-14-27(32-28(16)23(30)17(2)24(3,4)31-28)22-8-7-18-15-19(29)9-12-25(18,5)21(22)10-13-26(20,27)6/h7-8,10,13,15-17,20,23,30H,9,11-12,14H2,1-6H3/t16-,17-,20+,23-,25-,26+,27+,28?/m0/s1. The normalized spacial score (nSPS) is 52.7. The van der Waals surface area contributed by atoms with E-state index in [4.69, 9.17) is 9.47 Å². The molecule has 2 bridgehead atoms. The van der Waals surface area contributed by atoms with Crippen molar-refractivity contribution in [2.75, 3.05) is 0 Å². The molecular formula is C28H36O4. The summed E-state index contributed by atoms with van der Waals surface area (Å²) in [6.45, 7) is 13.0. The summed E-state index contributed by atoms with van der Waals surface area (Å²) in [5, 5.41) is 11.5. The molecule has 6 aliphatic rings. The van der Waals surface area contributed by atoms with Gasteiger partial charge in [0.2, 0.25) is 0 Å². The van der Waals surface area contributed by atoms with Crippen LogP contribution < -0.4 is 0 Å². The summed E-state index contributed by atoms with van der Waals surface area (Å²) in [4.78, 5) is 12.1. The number of aliphatic hydroxyl groups excluding tert-OH is 1. The van der Waals surface area contributed by atoms with Gasteiger partial charge >= 0.3 is 0 Å². The predicted octanol–water partition coefficient (Wildman–Crippen LogP) is 5.04. The fourth-order valence-corrected chi connectivity index (χ4v) is 8.17. The first-order chi connectivity index (χ1) is 14.9. The highest BCUT2D eigenvalue weighted by molar-refractivity contribution is 5.93. The lowest BCUT2D eigenvalue weighted by atomic mass is 9.53. The van der Waals surface area contributed by atoms with Crippen LogP contribution in [-0.2, 0) is 14.3 Å². The second kappa shape index (κ2) is 5.95. The minimum Gasteiger partial charge on any atom is -0.387 e. The van der Waals surface area contributed by atoms with Crippen molar-refractivity contribution in [1.29, 1.82) is 0 Å². The van der Waals surface area contributed by atoms with Gasteiger partial charge in [-0.1, -0.05) is 52.0 Å². The zero-order chi connectivity index (χ0) is 22.9. The number of carbonyl (C=O) groups is 1. The summed E-state index contributed by atoms with van der Waals surface area (Å²) in [6.07, 6.45) is 13.6. The molecule has 0 radical (unpaired) electrons. The van der Waals surface area contributed by atoms with Crippen LogP contribution in [0.3, 0.4) is 0 Å². The Balaban J connectivity index is 1.54. The molecule has 4 nitrogen and oxygen atoms in total. The zero-order valence-corrected chi connectivity index (χ0v) is 20.2. The first-order valence-electron chi connectivity index (χ1n) is 12.4. The minimum absolute atomic E-state index is 0.0176. The summed E-state index contributed by atoms with van der Waals surface area (Å²) >= 11 is 0. The van der Waals surface area contributed by atoms with Crippen molar-refractivity contribution in [2.45, 2.75) is 90.3 Å². The maximum absolute atomic E-state index is 12.1. The maximum Gasteiger partial charge on any atom is 0.199 e. The van der Waals surface area contributed by atoms with Gasteiger partial charge in [0.15, 0.2) is 11.6 Å². The van der Waals surface area contributed by atoms with Crippen molar-refractivity contribution in [3.63, 3.8) is 0 Å². The third kappa shape index (κ3) is 2.14. The van der Waals surface area contributed by atoms with Crippen molar-refractivity contribution >= 4 is 5.78 Å². The summed E-state index contributed by atoms with van der Waals surface area (Å²) < 4.78 is 14.0. The summed E-state index contributed by atoms with van der Waals surface area (Å²) in [5.74, 6) is -0.352. The molecule has 0 aromatic heterocycles. The molecule has 4 aliphatic carbocycles. The number of fused-ring (bicyclic) bond motifs is 2. The first-order valence-corrected chi connectivity index (χ1v) is 12.4. The van der Waals surface area contributed by atoms with E-state index >= 15 is 0 Å². The Morgan fingerprint density at radius 3 is 2.41 bits per heavy atom. The van der Waals surface area contributed by atoms with Crippen molar-refractivity contribution in [3.05, 3.63) is 47.1 Å².